The van der Waals surface area contributed by atoms with Crippen LogP contribution in [0.25, 0.3) is 0 Å². The first-order valence-electron chi connectivity index (χ1n) is 10.5. The molecule has 2 aromatic rings. The number of aromatic nitrogens is 2. The van der Waals surface area contributed by atoms with Crippen molar-refractivity contribution < 1.29 is 32.2 Å². The number of hydrogen-bond donors (Lipinski definition) is 3. The molecule has 3 N–H and O–H groups in total. The summed E-state index contributed by atoms with van der Waals surface area (Å²) in [6.07, 6.45) is -5.26. The average molecular weight is 498 g/mol. The van der Waals surface area contributed by atoms with Crippen LogP contribution in [0.4, 0.5) is 19.0 Å². The standard InChI is InChI=1S/C22H25F3N4O6/c1-20(2,3)17(31)28-21(22(23,24)25)14-15(26-18(21)32)29(19(33)27-16(14)30)9-8-11-6-7-12(34-4)13(10-11)35-5/h6-7,10H,8-9H2,1-5H3,(H,26,32)(H,28,31)(H,27,30,33)/t21-/m1/s1. The van der Waals surface area contributed by atoms with Crippen molar-refractivity contribution in [3.8, 4) is 11.5 Å². The van der Waals surface area contributed by atoms with E-state index in [9.17, 15) is 32.3 Å². The fourth-order valence-electron chi connectivity index (χ4n) is 3.67. The molecule has 10 nitrogen and oxygen atoms in total. The number of amides is 2. The molecule has 190 valence electrons. The van der Waals surface area contributed by atoms with Crippen molar-refractivity contribution in [2.24, 2.45) is 5.41 Å². The first-order chi connectivity index (χ1) is 16.2. The average Bonchev–Trinajstić information content (AvgIpc) is 3.05. The van der Waals surface area contributed by atoms with E-state index in [1.54, 1.807) is 23.5 Å². The van der Waals surface area contributed by atoms with Crippen molar-refractivity contribution in [2.45, 2.75) is 45.5 Å². The number of anilines is 1. The Hall–Kier alpha value is -3.77. The molecule has 2 amide bonds. The molecule has 0 saturated heterocycles. The van der Waals surface area contributed by atoms with Crippen LogP contribution in [-0.4, -0.2) is 41.8 Å². The molecule has 0 bridgehead atoms. The van der Waals surface area contributed by atoms with E-state index in [1.165, 1.54) is 35.0 Å². The van der Waals surface area contributed by atoms with E-state index in [4.69, 9.17) is 9.47 Å². The highest BCUT2D eigenvalue weighted by Gasteiger charge is 2.68. The summed E-state index contributed by atoms with van der Waals surface area (Å²) in [7, 11) is 2.88. The van der Waals surface area contributed by atoms with Crippen LogP contribution in [-0.2, 0) is 28.1 Å². The second-order valence-electron chi connectivity index (χ2n) is 8.98. The number of aryl methyl sites for hydroxylation is 1. The third-order valence-corrected chi connectivity index (χ3v) is 5.63. The van der Waals surface area contributed by atoms with Crippen molar-refractivity contribution in [2.75, 3.05) is 19.5 Å². The summed E-state index contributed by atoms with van der Waals surface area (Å²) in [5.74, 6) is -2.57. The molecule has 1 aliphatic rings. The summed E-state index contributed by atoms with van der Waals surface area (Å²) < 4.78 is 54.3. The Bertz CT molecular complexity index is 1290. The van der Waals surface area contributed by atoms with E-state index in [0.29, 0.717) is 17.1 Å². The molecule has 2 heterocycles. The summed E-state index contributed by atoms with van der Waals surface area (Å²) in [6.45, 7) is 3.87. The molecule has 13 heteroatoms. The van der Waals surface area contributed by atoms with Crippen molar-refractivity contribution in [3.05, 3.63) is 50.2 Å². The number of hydrogen-bond acceptors (Lipinski definition) is 6. The SMILES string of the molecule is COc1ccc(CCn2c3c(c(=O)[nH]c2=O)[C@](NC(=O)C(C)(C)C)(C(F)(F)F)C(=O)N3)cc1OC. The van der Waals surface area contributed by atoms with Gasteiger partial charge in [0.25, 0.3) is 11.5 Å². The topological polar surface area (TPSA) is 132 Å². The zero-order valence-corrected chi connectivity index (χ0v) is 19.7. The minimum atomic E-state index is -5.39. The van der Waals surface area contributed by atoms with Crippen LogP contribution in [0.2, 0.25) is 0 Å². The van der Waals surface area contributed by atoms with Gasteiger partial charge in [-0.15, -0.1) is 0 Å². The summed E-state index contributed by atoms with van der Waals surface area (Å²) in [4.78, 5) is 52.3. The van der Waals surface area contributed by atoms with Gasteiger partial charge in [0.15, 0.2) is 11.5 Å². The third kappa shape index (κ3) is 4.37. The van der Waals surface area contributed by atoms with Gasteiger partial charge in [-0.2, -0.15) is 13.2 Å². The third-order valence-electron chi connectivity index (χ3n) is 5.63. The second kappa shape index (κ2) is 8.78. The number of methoxy groups -OCH3 is 2. The monoisotopic (exact) mass is 498 g/mol. The first kappa shape index (κ1) is 25.8. The number of nitrogens with one attached hydrogen (secondary N) is 3. The zero-order valence-electron chi connectivity index (χ0n) is 19.7. The Morgan fingerprint density at radius 3 is 2.26 bits per heavy atom. The molecule has 0 aliphatic carbocycles. The van der Waals surface area contributed by atoms with Gasteiger partial charge in [0.05, 0.1) is 14.2 Å². The summed E-state index contributed by atoms with van der Waals surface area (Å²) in [6, 6.07) is 4.91. The predicted molar refractivity (Wildman–Crippen MR) is 119 cm³/mol. The van der Waals surface area contributed by atoms with Crippen LogP contribution in [0.5, 0.6) is 11.5 Å². The van der Waals surface area contributed by atoms with Crippen molar-refractivity contribution in [1.29, 1.82) is 0 Å². The molecule has 1 atom stereocenters. The van der Waals surface area contributed by atoms with E-state index in [0.717, 1.165) is 4.57 Å². The lowest BCUT2D eigenvalue weighted by molar-refractivity contribution is -0.201. The Kier molecular flexibility index (Phi) is 6.49. The summed E-state index contributed by atoms with van der Waals surface area (Å²) in [5, 5.41) is 3.73. The summed E-state index contributed by atoms with van der Waals surface area (Å²) >= 11 is 0. The zero-order chi connectivity index (χ0) is 26.3. The number of carbonyl (C=O) groups excluding carboxylic acids is 2. The largest absolute Gasteiger partial charge is 0.493 e. The van der Waals surface area contributed by atoms with Gasteiger partial charge in [-0.05, 0) is 24.1 Å². The molecule has 0 fully saturated rings. The van der Waals surface area contributed by atoms with Crippen LogP contribution < -0.4 is 31.4 Å². The number of alkyl halides is 3. The fraction of sp³-hybridized carbons (Fsp3) is 0.455. The molecular weight excluding hydrogens is 473 g/mol. The number of nitrogens with zero attached hydrogens (tertiary/aromatic N) is 1. The summed E-state index contributed by atoms with van der Waals surface area (Å²) in [5.41, 5.74) is -7.89. The Labute approximate surface area is 197 Å². The predicted octanol–water partition coefficient (Wildman–Crippen LogP) is 1.67. The molecule has 0 unspecified atom stereocenters. The van der Waals surface area contributed by atoms with Crippen LogP contribution in [0.1, 0.15) is 31.9 Å². The van der Waals surface area contributed by atoms with Gasteiger partial charge in [0.2, 0.25) is 11.4 Å². The highest BCUT2D eigenvalue weighted by molar-refractivity contribution is 6.07. The van der Waals surface area contributed by atoms with Gasteiger partial charge in [-0.1, -0.05) is 26.8 Å². The molecule has 1 aliphatic heterocycles. The molecule has 35 heavy (non-hydrogen) atoms. The second-order valence-corrected chi connectivity index (χ2v) is 8.98. The van der Waals surface area contributed by atoms with Gasteiger partial charge in [-0.25, -0.2) is 4.79 Å². The number of aromatic amines is 1. The molecule has 3 rings (SSSR count). The fourth-order valence-corrected chi connectivity index (χ4v) is 3.67. The number of rotatable bonds is 6. The van der Waals surface area contributed by atoms with Crippen LogP contribution >= 0.6 is 0 Å². The molecular formula is C22H25F3N4O6. The Morgan fingerprint density at radius 1 is 1.09 bits per heavy atom. The van der Waals surface area contributed by atoms with Crippen LogP contribution in [0.3, 0.4) is 0 Å². The normalized spacial score (nSPS) is 17.5. The van der Waals surface area contributed by atoms with E-state index in [-0.39, 0.29) is 13.0 Å². The van der Waals surface area contributed by atoms with Crippen molar-refractivity contribution in [3.63, 3.8) is 0 Å². The van der Waals surface area contributed by atoms with Crippen LogP contribution in [0.15, 0.2) is 27.8 Å². The Morgan fingerprint density at radius 2 is 1.71 bits per heavy atom. The number of halogens is 3. The van der Waals surface area contributed by atoms with Gasteiger partial charge < -0.3 is 20.1 Å². The van der Waals surface area contributed by atoms with Crippen LogP contribution in [0, 0.1) is 5.41 Å². The molecule has 0 saturated carbocycles. The number of carbonyl (C=O) groups is 2. The lowest BCUT2D eigenvalue weighted by Gasteiger charge is -2.32. The van der Waals surface area contributed by atoms with E-state index in [1.807, 2.05) is 10.3 Å². The van der Waals surface area contributed by atoms with Gasteiger partial charge >= 0.3 is 11.9 Å². The molecule has 1 aromatic heterocycles. The lowest BCUT2D eigenvalue weighted by atomic mass is 9.88. The Balaban J connectivity index is 2.12. The maximum absolute atomic E-state index is 14.4. The highest BCUT2D eigenvalue weighted by Crippen LogP contribution is 2.45. The number of ether oxygens (including phenoxy) is 2. The maximum atomic E-state index is 14.4. The number of benzene rings is 1. The lowest BCUT2D eigenvalue weighted by Crippen LogP contribution is -2.63. The van der Waals surface area contributed by atoms with Gasteiger partial charge in [-0.3, -0.25) is 23.9 Å². The number of H-pyrrole nitrogens is 1. The smallest absolute Gasteiger partial charge is 0.425 e. The van der Waals surface area contributed by atoms with Gasteiger partial charge in [0.1, 0.15) is 11.4 Å². The quantitative estimate of drug-likeness (QED) is 0.555. The molecule has 0 spiro atoms. The molecule has 0 radical (unpaired) electrons. The van der Waals surface area contributed by atoms with Crippen molar-refractivity contribution >= 4 is 17.6 Å². The van der Waals surface area contributed by atoms with Crippen molar-refractivity contribution in [1.82, 2.24) is 14.9 Å². The minimum Gasteiger partial charge on any atom is -0.493 e. The maximum Gasteiger partial charge on any atom is 0.425 e. The first-order valence-corrected chi connectivity index (χ1v) is 10.5. The van der Waals surface area contributed by atoms with E-state index >= 15 is 0 Å². The van der Waals surface area contributed by atoms with E-state index in [2.05, 4.69) is 0 Å². The van der Waals surface area contributed by atoms with Gasteiger partial charge in [0, 0.05) is 12.0 Å². The minimum absolute atomic E-state index is 0.127. The molecule has 1 aromatic carbocycles. The highest BCUT2D eigenvalue weighted by atomic mass is 19.4. The van der Waals surface area contributed by atoms with E-state index < -0.39 is 51.6 Å². The number of fused-ring (bicyclic) bond motifs is 1.